The standard InChI is InChI=1S/C38H45Br2N5O4/c1-5-49-32-24-28(38(2,3)4)10-15-31(32)36-41-34(26-6-11-29(39)12-7-26)35(27-8-13-30(40)14-9-27)45(36)37(47)44-18-16-42(17-19-44)25-33(46)43-20-22-48-23-21-43/h6-15,24,34-35H,5,16-23,25H2,1-4H3/t34-,35+/m0/s1. The minimum atomic E-state index is -0.394. The Hall–Kier alpha value is -3.25. The fourth-order valence-electron chi connectivity index (χ4n) is 6.66. The van der Waals surface area contributed by atoms with Crippen molar-refractivity contribution in [1.29, 1.82) is 0 Å². The highest BCUT2D eigenvalue weighted by Gasteiger charge is 2.45. The summed E-state index contributed by atoms with van der Waals surface area (Å²) in [5.74, 6) is 1.43. The molecule has 0 spiro atoms. The molecule has 0 N–H and O–H groups in total. The number of hydrogen-bond acceptors (Lipinski definition) is 6. The van der Waals surface area contributed by atoms with Gasteiger partial charge >= 0.3 is 6.03 Å². The number of amidine groups is 1. The molecule has 3 aromatic rings. The topological polar surface area (TPSA) is 77.9 Å². The molecule has 2 saturated heterocycles. The van der Waals surface area contributed by atoms with Gasteiger partial charge in [-0.05, 0) is 65.4 Å². The van der Waals surface area contributed by atoms with Crippen LogP contribution in [0.15, 0.2) is 80.7 Å². The Bertz CT molecular complexity index is 1660. The van der Waals surface area contributed by atoms with Crippen LogP contribution in [0.5, 0.6) is 5.75 Å². The van der Waals surface area contributed by atoms with E-state index in [1.54, 1.807) is 0 Å². The van der Waals surface area contributed by atoms with Crippen LogP contribution in [0.2, 0.25) is 0 Å². The van der Waals surface area contributed by atoms with E-state index >= 15 is 0 Å². The second-order valence-corrected chi connectivity index (χ2v) is 15.6. The van der Waals surface area contributed by atoms with Gasteiger partial charge in [0.15, 0.2) is 0 Å². The SMILES string of the molecule is CCOc1cc(C(C)(C)C)ccc1C1=N[C@@H](c2ccc(Br)cc2)[C@@H](c2ccc(Br)cc2)N1C(=O)N1CCN(CC(=O)N2CCOCC2)CC1. The van der Waals surface area contributed by atoms with Crippen molar-refractivity contribution in [2.45, 2.75) is 45.2 Å². The third-order valence-corrected chi connectivity index (χ3v) is 10.5. The molecule has 3 amide bonds. The average Bonchev–Trinajstić information content (AvgIpc) is 3.49. The summed E-state index contributed by atoms with van der Waals surface area (Å²) in [6.07, 6.45) is 0. The number of carbonyl (C=O) groups is 2. The molecule has 0 aliphatic carbocycles. The number of morpholine rings is 1. The molecule has 0 unspecified atom stereocenters. The molecule has 9 nitrogen and oxygen atoms in total. The summed E-state index contributed by atoms with van der Waals surface area (Å²) in [6.45, 7) is 14.0. The van der Waals surface area contributed by atoms with E-state index in [2.05, 4.69) is 100.0 Å². The van der Waals surface area contributed by atoms with Gasteiger partial charge in [-0.15, -0.1) is 0 Å². The Labute approximate surface area is 306 Å². The lowest BCUT2D eigenvalue weighted by atomic mass is 9.86. The minimum absolute atomic E-state index is 0.0832. The maximum atomic E-state index is 14.9. The number of aliphatic imine (C=N–C) groups is 1. The number of urea groups is 1. The first-order chi connectivity index (χ1) is 23.5. The molecule has 11 heteroatoms. The summed E-state index contributed by atoms with van der Waals surface area (Å²) in [5, 5.41) is 0. The molecular weight excluding hydrogens is 750 g/mol. The monoisotopic (exact) mass is 793 g/mol. The highest BCUT2D eigenvalue weighted by atomic mass is 79.9. The highest BCUT2D eigenvalue weighted by Crippen LogP contribution is 2.46. The normalized spacial score (nSPS) is 20.4. The van der Waals surface area contributed by atoms with Crippen molar-refractivity contribution in [2.75, 3.05) is 65.6 Å². The molecule has 3 aliphatic heterocycles. The number of benzene rings is 3. The predicted molar refractivity (Wildman–Crippen MR) is 199 cm³/mol. The summed E-state index contributed by atoms with van der Waals surface area (Å²) in [7, 11) is 0. The molecule has 3 heterocycles. The zero-order chi connectivity index (χ0) is 34.7. The molecule has 260 valence electrons. The van der Waals surface area contributed by atoms with Gasteiger partial charge in [-0.3, -0.25) is 19.6 Å². The third kappa shape index (κ3) is 8.06. The lowest BCUT2D eigenvalue weighted by Gasteiger charge is -2.39. The van der Waals surface area contributed by atoms with Gasteiger partial charge in [0, 0.05) is 48.2 Å². The zero-order valence-electron chi connectivity index (χ0n) is 28.7. The fraction of sp³-hybridized carbons (Fsp3) is 0.447. The van der Waals surface area contributed by atoms with Crippen LogP contribution in [0, 0.1) is 0 Å². The number of carbonyl (C=O) groups excluding carboxylic acids is 2. The molecule has 0 saturated carbocycles. The van der Waals surface area contributed by atoms with E-state index in [0.29, 0.717) is 77.2 Å². The Kier molecular flexibility index (Phi) is 11.1. The van der Waals surface area contributed by atoms with E-state index < -0.39 is 6.04 Å². The van der Waals surface area contributed by atoms with Crippen molar-refractivity contribution in [1.82, 2.24) is 19.6 Å². The second-order valence-electron chi connectivity index (χ2n) is 13.7. The quantitative estimate of drug-likeness (QED) is 0.257. The number of halogens is 2. The summed E-state index contributed by atoms with van der Waals surface area (Å²) in [5.41, 5.74) is 3.86. The molecule has 0 bridgehead atoms. The molecule has 49 heavy (non-hydrogen) atoms. The van der Waals surface area contributed by atoms with Gasteiger partial charge in [0.2, 0.25) is 5.91 Å². The first-order valence-corrected chi connectivity index (χ1v) is 18.6. The van der Waals surface area contributed by atoms with Crippen molar-refractivity contribution in [2.24, 2.45) is 4.99 Å². The zero-order valence-corrected chi connectivity index (χ0v) is 31.9. The van der Waals surface area contributed by atoms with Crippen LogP contribution >= 0.6 is 31.9 Å². The van der Waals surface area contributed by atoms with Crippen LogP contribution in [0.3, 0.4) is 0 Å². The lowest BCUT2D eigenvalue weighted by molar-refractivity contribution is -0.136. The molecule has 2 atom stereocenters. The summed E-state index contributed by atoms with van der Waals surface area (Å²) in [6, 6.07) is 21.8. The molecule has 0 aromatic heterocycles. The Morgan fingerprint density at radius 1 is 0.837 bits per heavy atom. The molecular formula is C38H45Br2N5O4. The van der Waals surface area contributed by atoms with E-state index in [-0.39, 0.29) is 23.4 Å². The van der Waals surface area contributed by atoms with Crippen LogP contribution in [0.1, 0.15) is 62.0 Å². The number of piperazine rings is 1. The van der Waals surface area contributed by atoms with E-state index in [4.69, 9.17) is 14.5 Å². The molecule has 3 aromatic carbocycles. The lowest BCUT2D eigenvalue weighted by Crippen LogP contribution is -2.56. The van der Waals surface area contributed by atoms with Gasteiger partial charge < -0.3 is 19.3 Å². The van der Waals surface area contributed by atoms with Crippen molar-refractivity contribution in [3.8, 4) is 5.75 Å². The second kappa shape index (κ2) is 15.3. The maximum absolute atomic E-state index is 14.9. The van der Waals surface area contributed by atoms with E-state index in [1.807, 2.05) is 45.9 Å². The highest BCUT2D eigenvalue weighted by molar-refractivity contribution is 9.10. The fourth-order valence-corrected chi connectivity index (χ4v) is 7.19. The van der Waals surface area contributed by atoms with Gasteiger partial charge in [-0.2, -0.15) is 0 Å². The van der Waals surface area contributed by atoms with E-state index in [1.165, 1.54) is 0 Å². The van der Waals surface area contributed by atoms with Gasteiger partial charge in [-0.1, -0.05) is 83.0 Å². The maximum Gasteiger partial charge on any atom is 0.326 e. The summed E-state index contributed by atoms with van der Waals surface area (Å²) in [4.78, 5) is 41.1. The van der Waals surface area contributed by atoms with Crippen molar-refractivity contribution in [3.63, 3.8) is 0 Å². The number of rotatable bonds is 7. The van der Waals surface area contributed by atoms with Gasteiger partial charge in [0.05, 0.1) is 38.0 Å². The minimum Gasteiger partial charge on any atom is -0.493 e. The largest absolute Gasteiger partial charge is 0.493 e. The first-order valence-electron chi connectivity index (χ1n) is 17.1. The van der Waals surface area contributed by atoms with Crippen molar-refractivity contribution >= 4 is 49.6 Å². The van der Waals surface area contributed by atoms with Gasteiger partial charge in [-0.25, -0.2) is 4.79 Å². The summed E-state index contributed by atoms with van der Waals surface area (Å²) < 4.78 is 13.6. The first kappa shape index (κ1) is 35.6. The van der Waals surface area contributed by atoms with Crippen LogP contribution in [-0.2, 0) is 14.9 Å². The Balaban J connectivity index is 1.37. The average molecular weight is 796 g/mol. The Morgan fingerprint density at radius 2 is 1.45 bits per heavy atom. The number of nitrogens with zero attached hydrogens (tertiary/aromatic N) is 5. The van der Waals surface area contributed by atoms with Crippen molar-refractivity contribution in [3.05, 3.63) is 97.9 Å². The van der Waals surface area contributed by atoms with Crippen LogP contribution < -0.4 is 4.74 Å². The molecule has 6 rings (SSSR count). The van der Waals surface area contributed by atoms with E-state index in [0.717, 1.165) is 31.2 Å². The molecule has 2 fully saturated rings. The van der Waals surface area contributed by atoms with E-state index in [9.17, 15) is 9.59 Å². The van der Waals surface area contributed by atoms with Gasteiger partial charge in [0.25, 0.3) is 0 Å². The number of amides is 3. The Morgan fingerprint density at radius 3 is 2.04 bits per heavy atom. The van der Waals surface area contributed by atoms with Gasteiger partial charge in [0.1, 0.15) is 17.6 Å². The summed E-state index contributed by atoms with van der Waals surface area (Å²) >= 11 is 7.18. The van der Waals surface area contributed by atoms with Crippen LogP contribution in [0.25, 0.3) is 0 Å². The number of hydrogen-bond donors (Lipinski definition) is 0. The number of ether oxygens (including phenoxy) is 2. The smallest absolute Gasteiger partial charge is 0.326 e. The van der Waals surface area contributed by atoms with Crippen LogP contribution in [-0.4, -0.2) is 103 Å². The molecule has 3 aliphatic rings. The van der Waals surface area contributed by atoms with Crippen LogP contribution in [0.4, 0.5) is 4.79 Å². The third-order valence-electron chi connectivity index (χ3n) is 9.45. The molecule has 0 radical (unpaired) electrons. The predicted octanol–water partition coefficient (Wildman–Crippen LogP) is 7.05. The van der Waals surface area contributed by atoms with Crippen molar-refractivity contribution < 1.29 is 19.1 Å².